The van der Waals surface area contributed by atoms with Crippen molar-refractivity contribution < 1.29 is 0 Å². The molecule has 0 unspecified atom stereocenters. The van der Waals surface area contributed by atoms with Crippen molar-refractivity contribution in [2.75, 3.05) is 11.4 Å². The van der Waals surface area contributed by atoms with E-state index in [4.69, 9.17) is 5.41 Å². The van der Waals surface area contributed by atoms with Gasteiger partial charge in [-0.05, 0) is 37.3 Å². The maximum atomic E-state index is 8.44. The normalized spacial score (nSPS) is 20.4. The summed E-state index contributed by atoms with van der Waals surface area (Å²) in [6, 6.07) is 8.60. The van der Waals surface area contributed by atoms with Crippen LogP contribution in [0.3, 0.4) is 0 Å². The second-order valence-corrected chi connectivity index (χ2v) is 5.25. The molecule has 1 aliphatic heterocycles. The van der Waals surface area contributed by atoms with Crippen molar-refractivity contribution in [2.24, 2.45) is 5.92 Å². The number of fused-ring (bicyclic) bond motifs is 1. The molecule has 2 nitrogen and oxygen atoms in total. The van der Waals surface area contributed by atoms with Crippen molar-refractivity contribution in [3.05, 3.63) is 29.8 Å². The number of hydrogen-bond donors (Lipinski definition) is 1. The highest BCUT2D eigenvalue weighted by Gasteiger charge is 2.27. The summed E-state index contributed by atoms with van der Waals surface area (Å²) in [6.07, 6.45) is 7.41. The Balaban J connectivity index is 1.86. The van der Waals surface area contributed by atoms with Gasteiger partial charge in [-0.25, -0.2) is 0 Å². The van der Waals surface area contributed by atoms with Crippen LogP contribution in [-0.2, 0) is 6.42 Å². The first-order valence-corrected chi connectivity index (χ1v) is 6.80. The molecule has 1 saturated carbocycles. The highest BCUT2D eigenvalue weighted by molar-refractivity contribution is 5.98. The molecule has 2 aliphatic rings. The van der Waals surface area contributed by atoms with Gasteiger partial charge in [0.25, 0.3) is 0 Å². The first-order chi connectivity index (χ1) is 8.36. The van der Waals surface area contributed by atoms with Crippen LogP contribution in [0, 0.1) is 11.3 Å². The third-order valence-corrected chi connectivity index (χ3v) is 4.14. The molecule has 0 bridgehead atoms. The van der Waals surface area contributed by atoms with Gasteiger partial charge in [0.05, 0.1) is 0 Å². The molecule has 0 saturated heterocycles. The van der Waals surface area contributed by atoms with Gasteiger partial charge in [0, 0.05) is 18.2 Å². The van der Waals surface area contributed by atoms with Gasteiger partial charge in [0.1, 0.15) is 5.84 Å². The van der Waals surface area contributed by atoms with Gasteiger partial charge in [0.15, 0.2) is 0 Å². The van der Waals surface area contributed by atoms with Gasteiger partial charge in [-0.1, -0.05) is 31.0 Å². The molecule has 0 spiro atoms. The van der Waals surface area contributed by atoms with E-state index in [1.54, 1.807) is 0 Å². The Morgan fingerprint density at radius 1 is 1.12 bits per heavy atom. The molecule has 0 amide bonds. The fraction of sp³-hybridized carbons (Fsp3) is 0.533. The summed E-state index contributed by atoms with van der Waals surface area (Å²) in [5.41, 5.74) is 2.71. The van der Waals surface area contributed by atoms with Crippen LogP contribution in [-0.4, -0.2) is 12.4 Å². The summed E-state index contributed by atoms with van der Waals surface area (Å²) in [4.78, 5) is 2.26. The van der Waals surface area contributed by atoms with Gasteiger partial charge >= 0.3 is 0 Å². The van der Waals surface area contributed by atoms with E-state index in [1.807, 2.05) is 0 Å². The Bertz CT molecular complexity index is 419. The van der Waals surface area contributed by atoms with E-state index in [1.165, 1.54) is 49.8 Å². The molecule has 1 heterocycles. The monoisotopic (exact) mass is 228 g/mol. The minimum absolute atomic E-state index is 0.515. The maximum Gasteiger partial charge on any atom is 0.103 e. The van der Waals surface area contributed by atoms with Gasteiger partial charge in [-0.15, -0.1) is 0 Å². The SMILES string of the molecule is N=C(C1CCCC1)N1CCCc2ccccc21. The molecular weight excluding hydrogens is 208 g/mol. The Kier molecular flexibility index (Phi) is 2.87. The van der Waals surface area contributed by atoms with E-state index < -0.39 is 0 Å². The molecule has 1 aliphatic carbocycles. The number of hydrogen-bond acceptors (Lipinski definition) is 1. The highest BCUT2D eigenvalue weighted by Crippen LogP contribution is 2.32. The number of amidine groups is 1. The Labute approximate surface area is 103 Å². The topological polar surface area (TPSA) is 27.1 Å². The molecule has 1 aromatic carbocycles. The Morgan fingerprint density at radius 3 is 2.71 bits per heavy atom. The summed E-state index contributed by atoms with van der Waals surface area (Å²) >= 11 is 0. The molecule has 0 aromatic heterocycles. The van der Waals surface area contributed by atoms with Gasteiger partial charge in [-0.3, -0.25) is 5.41 Å². The van der Waals surface area contributed by atoms with Crippen LogP contribution in [0.5, 0.6) is 0 Å². The number of para-hydroxylation sites is 1. The third-order valence-electron chi connectivity index (χ3n) is 4.14. The van der Waals surface area contributed by atoms with Crippen molar-refractivity contribution in [3.8, 4) is 0 Å². The number of benzene rings is 1. The van der Waals surface area contributed by atoms with E-state index in [-0.39, 0.29) is 0 Å². The van der Waals surface area contributed by atoms with Crippen LogP contribution in [0.25, 0.3) is 0 Å². The van der Waals surface area contributed by atoms with Gasteiger partial charge in [0.2, 0.25) is 0 Å². The lowest BCUT2D eigenvalue weighted by atomic mass is 9.98. The molecule has 1 aromatic rings. The zero-order chi connectivity index (χ0) is 11.7. The zero-order valence-corrected chi connectivity index (χ0v) is 10.3. The summed E-state index contributed by atoms with van der Waals surface area (Å²) in [6.45, 7) is 1.03. The second kappa shape index (κ2) is 4.52. The molecular formula is C15H20N2. The lowest BCUT2D eigenvalue weighted by Gasteiger charge is -2.33. The van der Waals surface area contributed by atoms with Crippen LogP contribution in [0.4, 0.5) is 5.69 Å². The number of anilines is 1. The Hall–Kier alpha value is -1.31. The fourth-order valence-corrected chi connectivity index (χ4v) is 3.20. The predicted octanol–water partition coefficient (Wildman–Crippen LogP) is 3.61. The molecule has 1 fully saturated rings. The number of rotatable bonds is 1. The maximum absolute atomic E-state index is 8.44. The number of nitrogens with one attached hydrogen (secondary N) is 1. The number of nitrogens with zero attached hydrogens (tertiary/aromatic N) is 1. The van der Waals surface area contributed by atoms with Crippen molar-refractivity contribution in [2.45, 2.75) is 38.5 Å². The Morgan fingerprint density at radius 2 is 1.88 bits per heavy atom. The van der Waals surface area contributed by atoms with Gasteiger partial charge in [-0.2, -0.15) is 0 Å². The summed E-state index contributed by atoms with van der Waals surface area (Å²) in [7, 11) is 0. The van der Waals surface area contributed by atoms with Crippen molar-refractivity contribution in [3.63, 3.8) is 0 Å². The van der Waals surface area contributed by atoms with Crippen LogP contribution in [0.1, 0.15) is 37.7 Å². The molecule has 1 N–H and O–H groups in total. The summed E-state index contributed by atoms with van der Waals surface area (Å²) in [5.74, 6) is 1.39. The molecule has 17 heavy (non-hydrogen) atoms. The van der Waals surface area contributed by atoms with Crippen LogP contribution in [0.15, 0.2) is 24.3 Å². The lowest BCUT2D eigenvalue weighted by molar-refractivity contribution is 0.682. The van der Waals surface area contributed by atoms with E-state index in [0.717, 1.165) is 12.4 Å². The summed E-state index contributed by atoms with van der Waals surface area (Å²) in [5, 5.41) is 8.44. The number of aryl methyl sites for hydroxylation is 1. The van der Waals surface area contributed by atoms with Crippen LogP contribution < -0.4 is 4.90 Å². The highest BCUT2D eigenvalue weighted by atomic mass is 15.2. The minimum Gasteiger partial charge on any atom is -0.330 e. The minimum atomic E-state index is 0.515. The largest absolute Gasteiger partial charge is 0.330 e. The zero-order valence-electron chi connectivity index (χ0n) is 10.3. The average molecular weight is 228 g/mol. The van der Waals surface area contributed by atoms with Crippen LogP contribution in [0.2, 0.25) is 0 Å². The van der Waals surface area contributed by atoms with Crippen molar-refractivity contribution >= 4 is 11.5 Å². The van der Waals surface area contributed by atoms with Crippen molar-refractivity contribution in [1.82, 2.24) is 0 Å². The first kappa shape index (κ1) is 10.8. The molecule has 0 radical (unpaired) electrons. The smallest absolute Gasteiger partial charge is 0.103 e. The quantitative estimate of drug-likeness (QED) is 0.577. The average Bonchev–Trinajstić information content (AvgIpc) is 2.91. The van der Waals surface area contributed by atoms with Crippen molar-refractivity contribution in [1.29, 1.82) is 5.41 Å². The van der Waals surface area contributed by atoms with E-state index in [2.05, 4.69) is 29.2 Å². The van der Waals surface area contributed by atoms with E-state index in [0.29, 0.717) is 5.92 Å². The predicted molar refractivity (Wildman–Crippen MR) is 71.8 cm³/mol. The fourth-order valence-electron chi connectivity index (χ4n) is 3.20. The molecule has 3 rings (SSSR count). The molecule has 2 heteroatoms. The molecule has 0 atom stereocenters. The second-order valence-electron chi connectivity index (χ2n) is 5.25. The summed E-state index contributed by atoms with van der Waals surface area (Å²) < 4.78 is 0. The van der Waals surface area contributed by atoms with E-state index >= 15 is 0 Å². The third kappa shape index (κ3) is 1.97. The molecule has 90 valence electrons. The first-order valence-electron chi connectivity index (χ1n) is 6.80. The van der Waals surface area contributed by atoms with E-state index in [9.17, 15) is 0 Å². The van der Waals surface area contributed by atoms with Crippen LogP contribution >= 0.6 is 0 Å². The van der Waals surface area contributed by atoms with Gasteiger partial charge < -0.3 is 4.90 Å². The lowest BCUT2D eigenvalue weighted by Crippen LogP contribution is -2.38. The standard InChI is InChI=1S/C15H20N2/c16-15(13-7-1-2-8-13)17-11-5-9-12-6-3-4-10-14(12)17/h3-4,6,10,13,16H,1-2,5,7-9,11H2.